The number of nitrogens with zero attached hydrogens (tertiary/aromatic N) is 2. The number of nitro benzene ring substituents is 1. The molecule has 1 aliphatic rings. The lowest BCUT2D eigenvalue weighted by Crippen LogP contribution is -2.13. The van der Waals surface area contributed by atoms with Crippen LogP contribution >= 0.6 is 0 Å². The summed E-state index contributed by atoms with van der Waals surface area (Å²) in [6.45, 7) is 0. The summed E-state index contributed by atoms with van der Waals surface area (Å²) < 4.78 is 0. The van der Waals surface area contributed by atoms with Crippen LogP contribution in [0.1, 0.15) is 40.0 Å². The molecule has 0 radical (unpaired) electrons. The maximum atomic E-state index is 11.9. The normalized spacial score (nSPS) is 14.9. The van der Waals surface area contributed by atoms with Gasteiger partial charge in [-0.05, 0) is 48.1 Å². The van der Waals surface area contributed by atoms with Gasteiger partial charge < -0.3 is 5.11 Å². The van der Waals surface area contributed by atoms with Crippen LogP contribution in [-0.2, 0) is 6.42 Å². The number of benzene rings is 2. The molecule has 4 rings (SSSR count). The summed E-state index contributed by atoms with van der Waals surface area (Å²) in [4.78, 5) is 27.3. The number of carboxylic acids is 1. The standard InChI is InChI=1S/C21H16N2O4/c24-21(25)19-16-8-1-2-10-18(16)22-20-14(6-4-9-17(19)20)11-13-5-3-7-15(12-13)23(26)27/h1-3,5,7-8,10-12H,4,6,9H2,(H,24,25)/b14-11-. The number of non-ortho nitro benzene ring substituents is 1. The number of hydrogen-bond acceptors (Lipinski definition) is 4. The lowest BCUT2D eigenvalue weighted by molar-refractivity contribution is -0.384. The number of aromatic nitrogens is 1. The molecule has 3 aromatic rings. The highest BCUT2D eigenvalue weighted by molar-refractivity contribution is 6.05. The Morgan fingerprint density at radius 3 is 2.74 bits per heavy atom. The molecule has 0 unspecified atom stereocenters. The fraction of sp³-hybridized carbons (Fsp3) is 0.143. The number of fused-ring (bicyclic) bond motifs is 2. The molecule has 6 nitrogen and oxygen atoms in total. The van der Waals surface area contributed by atoms with Gasteiger partial charge in [-0.3, -0.25) is 10.1 Å². The monoisotopic (exact) mass is 360 g/mol. The van der Waals surface area contributed by atoms with Gasteiger partial charge in [-0.2, -0.15) is 0 Å². The first-order chi connectivity index (χ1) is 13.0. The Bertz CT molecular complexity index is 1120. The zero-order valence-corrected chi connectivity index (χ0v) is 14.4. The number of para-hydroxylation sites is 1. The molecular weight excluding hydrogens is 344 g/mol. The number of allylic oxidation sites excluding steroid dienone is 1. The zero-order valence-electron chi connectivity index (χ0n) is 14.4. The van der Waals surface area contributed by atoms with E-state index in [4.69, 9.17) is 4.98 Å². The minimum atomic E-state index is -0.957. The van der Waals surface area contributed by atoms with E-state index in [1.165, 1.54) is 12.1 Å². The number of hydrogen-bond donors (Lipinski definition) is 1. The average molecular weight is 360 g/mol. The SMILES string of the molecule is O=C(O)c1c2c(nc3ccccc13)/C(=C\c1cccc([N+](=O)[O-])c1)CCC2. The van der Waals surface area contributed by atoms with Crippen LogP contribution in [0, 0.1) is 10.1 Å². The Balaban J connectivity index is 1.92. The summed E-state index contributed by atoms with van der Waals surface area (Å²) in [5, 5.41) is 21.4. The largest absolute Gasteiger partial charge is 0.478 e. The third-order valence-electron chi connectivity index (χ3n) is 4.81. The highest BCUT2D eigenvalue weighted by Crippen LogP contribution is 2.36. The molecule has 0 saturated heterocycles. The molecule has 6 heteroatoms. The molecule has 1 heterocycles. The van der Waals surface area contributed by atoms with Crippen LogP contribution in [0.4, 0.5) is 5.69 Å². The highest BCUT2D eigenvalue weighted by atomic mass is 16.6. The minimum Gasteiger partial charge on any atom is -0.478 e. The van der Waals surface area contributed by atoms with Gasteiger partial charge in [-0.25, -0.2) is 9.78 Å². The molecule has 1 N–H and O–H groups in total. The number of carboxylic acid groups (broad SMARTS) is 1. The van der Waals surface area contributed by atoms with Gasteiger partial charge in [0.2, 0.25) is 0 Å². The van der Waals surface area contributed by atoms with E-state index >= 15 is 0 Å². The van der Waals surface area contributed by atoms with Gasteiger partial charge in [-0.1, -0.05) is 30.3 Å². The third kappa shape index (κ3) is 3.06. The Kier molecular flexibility index (Phi) is 4.16. The Morgan fingerprint density at radius 2 is 1.96 bits per heavy atom. The maximum Gasteiger partial charge on any atom is 0.336 e. The van der Waals surface area contributed by atoms with Crippen LogP contribution in [0.2, 0.25) is 0 Å². The minimum absolute atomic E-state index is 0.0260. The van der Waals surface area contributed by atoms with Gasteiger partial charge in [0.15, 0.2) is 0 Å². The van der Waals surface area contributed by atoms with Crippen molar-refractivity contribution in [2.45, 2.75) is 19.3 Å². The molecule has 1 aliphatic carbocycles. The van der Waals surface area contributed by atoms with E-state index in [2.05, 4.69) is 0 Å². The van der Waals surface area contributed by atoms with Crippen LogP contribution in [0.3, 0.4) is 0 Å². The molecule has 27 heavy (non-hydrogen) atoms. The van der Waals surface area contributed by atoms with Crippen molar-refractivity contribution in [2.24, 2.45) is 0 Å². The first kappa shape index (κ1) is 16.9. The molecule has 0 fully saturated rings. The van der Waals surface area contributed by atoms with Crippen LogP contribution in [0.15, 0.2) is 48.5 Å². The molecule has 0 saturated carbocycles. The van der Waals surface area contributed by atoms with E-state index in [-0.39, 0.29) is 5.69 Å². The lowest BCUT2D eigenvalue weighted by atomic mass is 9.86. The second kappa shape index (κ2) is 6.64. The summed E-state index contributed by atoms with van der Waals surface area (Å²) in [6, 6.07) is 13.6. The predicted molar refractivity (Wildman–Crippen MR) is 103 cm³/mol. The van der Waals surface area contributed by atoms with Crippen molar-refractivity contribution in [3.63, 3.8) is 0 Å². The van der Waals surface area contributed by atoms with Gasteiger partial charge in [-0.15, -0.1) is 0 Å². The maximum absolute atomic E-state index is 11.9. The Hall–Kier alpha value is -3.54. The van der Waals surface area contributed by atoms with Crippen molar-refractivity contribution in [1.29, 1.82) is 0 Å². The second-order valence-corrected chi connectivity index (χ2v) is 6.51. The third-order valence-corrected chi connectivity index (χ3v) is 4.81. The van der Waals surface area contributed by atoms with Crippen molar-refractivity contribution in [1.82, 2.24) is 4.98 Å². The molecule has 0 bridgehead atoms. The quantitative estimate of drug-likeness (QED) is 0.539. The van der Waals surface area contributed by atoms with Gasteiger partial charge >= 0.3 is 5.97 Å². The molecule has 2 aromatic carbocycles. The number of rotatable bonds is 3. The van der Waals surface area contributed by atoms with Crippen molar-refractivity contribution in [2.75, 3.05) is 0 Å². The Morgan fingerprint density at radius 1 is 1.15 bits per heavy atom. The van der Waals surface area contributed by atoms with E-state index in [1.54, 1.807) is 18.2 Å². The van der Waals surface area contributed by atoms with Crippen LogP contribution in [-0.4, -0.2) is 21.0 Å². The molecule has 134 valence electrons. The topological polar surface area (TPSA) is 93.3 Å². The molecule has 0 atom stereocenters. The van der Waals surface area contributed by atoms with Gasteiger partial charge in [0.05, 0.1) is 21.7 Å². The van der Waals surface area contributed by atoms with Gasteiger partial charge in [0.25, 0.3) is 5.69 Å². The van der Waals surface area contributed by atoms with Crippen LogP contribution in [0.5, 0.6) is 0 Å². The van der Waals surface area contributed by atoms with E-state index in [9.17, 15) is 20.0 Å². The van der Waals surface area contributed by atoms with Crippen molar-refractivity contribution < 1.29 is 14.8 Å². The van der Waals surface area contributed by atoms with Crippen LogP contribution in [0.25, 0.3) is 22.6 Å². The molecule has 1 aromatic heterocycles. The smallest absolute Gasteiger partial charge is 0.336 e. The fourth-order valence-corrected chi connectivity index (χ4v) is 3.65. The first-order valence-corrected chi connectivity index (χ1v) is 8.65. The number of nitro groups is 1. The summed E-state index contributed by atoms with van der Waals surface area (Å²) >= 11 is 0. The highest BCUT2D eigenvalue weighted by Gasteiger charge is 2.24. The van der Waals surface area contributed by atoms with Gasteiger partial charge in [0, 0.05) is 17.5 Å². The summed E-state index contributed by atoms with van der Waals surface area (Å²) in [6.07, 6.45) is 4.09. The van der Waals surface area contributed by atoms with Crippen molar-refractivity contribution >= 4 is 34.2 Å². The van der Waals surface area contributed by atoms with E-state index in [0.717, 1.165) is 24.0 Å². The Labute approximate surface area is 154 Å². The summed E-state index contributed by atoms with van der Waals surface area (Å²) in [5.74, 6) is -0.957. The number of carbonyl (C=O) groups is 1. The summed E-state index contributed by atoms with van der Waals surface area (Å²) in [5.41, 5.74) is 4.01. The van der Waals surface area contributed by atoms with Crippen molar-refractivity contribution in [3.8, 4) is 0 Å². The lowest BCUT2D eigenvalue weighted by Gasteiger charge is -2.21. The van der Waals surface area contributed by atoms with E-state index in [0.29, 0.717) is 34.1 Å². The van der Waals surface area contributed by atoms with Crippen LogP contribution < -0.4 is 0 Å². The van der Waals surface area contributed by atoms with Gasteiger partial charge in [0.1, 0.15) is 0 Å². The fourth-order valence-electron chi connectivity index (χ4n) is 3.65. The number of pyridine rings is 1. The molecule has 0 spiro atoms. The van der Waals surface area contributed by atoms with E-state index < -0.39 is 10.9 Å². The number of aromatic carboxylic acids is 1. The summed E-state index contributed by atoms with van der Waals surface area (Å²) in [7, 11) is 0. The van der Waals surface area contributed by atoms with E-state index in [1.807, 2.05) is 24.3 Å². The predicted octanol–water partition coefficient (Wildman–Crippen LogP) is 4.72. The second-order valence-electron chi connectivity index (χ2n) is 6.51. The molecule has 0 amide bonds. The molecule has 0 aliphatic heterocycles. The molecular formula is C21H16N2O4. The van der Waals surface area contributed by atoms with Crippen molar-refractivity contribution in [3.05, 3.63) is 81.0 Å². The average Bonchev–Trinajstić information content (AvgIpc) is 2.66. The first-order valence-electron chi connectivity index (χ1n) is 8.65. The zero-order chi connectivity index (χ0) is 19.0.